The Hall–Kier alpha value is -1.06. The molecule has 4 nitrogen and oxygen atoms in total. The largest absolute Gasteiger partial charge is 0.469 e. The van der Waals surface area contributed by atoms with Crippen LogP contribution in [0.5, 0.6) is 0 Å². The van der Waals surface area contributed by atoms with Gasteiger partial charge in [0.25, 0.3) is 0 Å². The van der Waals surface area contributed by atoms with Gasteiger partial charge in [0.2, 0.25) is 5.91 Å². The summed E-state index contributed by atoms with van der Waals surface area (Å²) in [6.45, 7) is 2.50. The monoisotopic (exact) mass is 173 g/mol. The van der Waals surface area contributed by atoms with E-state index in [1.807, 2.05) is 6.92 Å². The first-order valence-corrected chi connectivity index (χ1v) is 4.04. The molecule has 4 heteroatoms. The molecule has 70 valence electrons. The first-order chi connectivity index (χ1) is 5.70. The second kappa shape index (κ2) is 6.64. The number of nitrogens with one attached hydrogen (secondary N) is 1. The van der Waals surface area contributed by atoms with Crippen LogP contribution in [0.1, 0.15) is 26.2 Å². The number of carbonyl (C=O) groups excluding carboxylic acids is 2. The highest BCUT2D eigenvalue weighted by Gasteiger charge is 2.03. The molecule has 0 aromatic heterocycles. The Morgan fingerprint density at radius 3 is 2.50 bits per heavy atom. The third-order valence-corrected chi connectivity index (χ3v) is 1.39. The molecule has 0 fully saturated rings. The summed E-state index contributed by atoms with van der Waals surface area (Å²) in [5, 5.41) is 2.65. The van der Waals surface area contributed by atoms with Crippen molar-refractivity contribution in [2.45, 2.75) is 26.2 Å². The Labute approximate surface area is 72.3 Å². The summed E-state index contributed by atoms with van der Waals surface area (Å²) in [7, 11) is 1.34. The lowest BCUT2D eigenvalue weighted by Gasteiger charge is -2.00. The Bertz CT molecular complexity index is 156. The van der Waals surface area contributed by atoms with Gasteiger partial charge in [0, 0.05) is 19.4 Å². The summed E-state index contributed by atoms with van der Waals surface area (Å²) >= 11 is 0. The van der Waals surface area contributed by atoms with E-state index < -0.39 is 0 Å². The van der Waals surface area contributed by atoms with E-state index >= 15 is 0 Å². The summed E-state index contributed by atoms with van der Waals surface area (Å²) in [5.74, 6) is -0.277. The van der Waals surface area contributed by atoms with E-state index in [4.69, 9.17) is 0 Å². The molecule has 0 unspecified atom stereocenters. The van der Waals surface area contributed by atoms with Gasteiger partial charge in [0.1, 0.15) is 0 Å². The summed E-state index contributed by atoms with van der Waals surface area (Å²) in [6.07, 6.45) is 1.26. The molecule has 0 aliphatic rings. The first kappa shape index (κ1) is 10.9. The van der Waals surface area contributed by atoms with Gasteiger partial charge >= 0.3 is 5.97 Å². The van der Waals surface area contributed by atoms with E-state index in [2.05, 4.69) is 10.1 Å². The zero-order chi connectivity index (χ0) is 9.40. The van der Waals surface area contributed by atoms with E-state index in [1.54, 1.807) is 0 Å². The topological polar surface area (TPSA) is 55.4 Å². The molecule has 0 aromatic carbocycles. The highest BCUT2D eigenvalue weighted by atomic mass is 16.5. The molecule has 0 saturated heterocycles. The summed E-state index contributed by atoms with van der Waals surface area (Å²) in [5.41, 5.74) is 0. The van der Waals surface area contributed by atoms with E-state index in [9.17, 15) is 9.59 Å². The highest BCUT2D eigenvalue weighted by molar-refractivity contribution is 5.76. The van der Waals surface area contributed by atoms with Gasteiger partial charge in [-0.15, -0.1) is 0 Å². The van der Waals surface area contributed by atoms with Gasteiger partial charge in [0.15, 0.2) is 0 Å². The van der Waals surface area contributed by atoms with Crippen LogP contribution in [-0.4, -0.2) is 25.5 Å². The fraction of sp³-hybridized carbons (Fsp3) is 0.750. The van der Waals surface area contributed by atoms with Gasteiger partial charge < -0.3 is 10.1 Å². The fourth-order valence-electron chi connectivity index (χ4n) is 0.781. The van der Waals surface area contributed by atoms with Gasteiger partial charge in [-0.25, -0.2) is 0 Å². The van der Waals surface area contributed by atoms with Crippen molar-refractivity contribution in [1.82, 2.24) is 5.32 Å². The maximum atomic E-state index is 10.8. The van der Waals surface area contributed by atoms with Crippen LogP contribution in [0.25, 0.3) is 0 Å². The number of amides is 1. The van der Waals surface area contributed by atoms with Crippen LogP contribution in [0.4, 0.5) is 0 Å². The van der Waals surface area contributed by atoms with Crippen molar-refractivity contribution < 1.29 is 14.3 Å². The lowest BCUT2D eigenvalue weighted by molar-refractivity contribution is -0.140. The number of hydrogen-bond donors (Lipinski definition) is 1. The average Bonchev–Trinajstić information content (AvgIpc) is 2.04. The molecule has 0 saturated carbocycles. The molecule has 0 bridgehead atoms. The minimum Gasteiger partial charge on any atom is -0.469 e. The van der Waals surface area contributed by atoms with Crippen molar-refractivity contribution >= 4 is 11.9 Å². The van der Waals surface area contributed by atoms with Crippen LogP contribution >= 0.6 is 0 Å². The molecule has 0 atom stereocenters. The average molecular weight is 173 g/mol. The van der Waals surface area contributed by atoms with E-state index in [1.165, 1.54) is 7.11 Å². The van der Waals surface area contributed by atoms with Crippen molar-refractivity contribution in [2.24, 2.45) is 0 Å². The number of esters is 1. The normalized spacial score (nSPS) is 9.17. The van der Waals surface area contributed by atoms with Crippen molar-refractivity contribution in [3.8, 4) is 0 Å². The zero-order valence-corrected chi connectivity index (χ0v) is 7.55. The number of ether oxygens (including phenoxy) is 1. The van der Waals surface area contributed by atoms with Gasteiger partial charge in [-0.2, -0.15) is 0 Å². The quantitative estimate of drug-likeness (QED) is 0.615. The van der Waals surface area contributed by atoms with Crippen molar-refractivity contribution in [3.63, 3.8) is 0 Å². The van der Waals surface area contributed by atoms with Crippen LogP contribution < -0.4 is 5.32 Å². The summed E-state index contributed by atoms with van der Waals surface area (Å²) in [6, 6.07) is 0. The van der Waals surface area contributed by atoms with Crippen molar-refractivity contribution in [1.29, 1.82) is 0 Å². The van der Waals surface area contributed by atoms with Crippen LogP contribution in [0, 0.1) is 0 Å². The Morgan fingerprint density at radius 1 is 1.33 bits per heavy atom. The zero-order valence-electron chi connectivity index (χ0n) is 7.55. The van der Waals surface area contributed by atoms with Crippen LogP contribution in [0.2, 0.25) is 0 Å². The Balaban J connectivity index is 3.30. The van der Waals surface area contributed by atoms with Gasteiger partial charge in [-0.3, -0.25) is 9.59 Å². The van der Waals surface area contributed by atoms with E-state index in [0.717, 1.165) is 0 Å². The van der Waals surface area contributed by atoms with Crippen molar-refractivity contribution in [3.05, 3.63) is 0 Å². The molecule has 0 spiro atoms. The molecule has 0 aromatic rings. The van der Waals surface area contributed by atoms with Crippen molar-refractivity contribution in [2.75, 3.05) is 13.7 Å². The Kier molecular flexibility index (Phi) is 6.05. The molecule has 0 aliphatic carbocycles. The third-order valence-electron chi connectivity index (χ3n) is 1.39. The second-order valence-corrected chi connectivity index (χ2v) is 2.38. The second-order valence-electron chi connectivity index (χ2n) is 2.38. The smallest absolute Gasteiger partial charge is 0.305 e. The SMILES string of the molecule is CCNC(=O)CCCC(=O)OC. The fourth-order valence-corrected chi connectivity index (χ4v) is 0.781. The molecule has 1 N–H and O–H groups in total. The highest BCUT2D eigenvalue weighted by Crippen LogP contribution is 1.96. The molecule has 0 aliphatic heterocycles. The molecular formula is C8H15NO3. The number of carbonyl (C=O) groups is 2. The lowest BCUT2D eigenvalue weighted by atomic mass is 10.2. The van der Waals surface area contributed by atoms with Crippen LogP contribution in [0.15, 0.2) is 0 Å². The Morgan fingerprint density at radius 2 is 2.00 bits per heavy atom. The van der Waals surface area contributed by atoms with Gasteiger partial charge in [0.05, 0.1) is 7.11 Å². The van der Waals surface area contributed by atoms with Crippen LogP contribution in [0.3, 0.4) is 0 Å². The minimum atomic E-state index is -0.265. The number of hydrogen-bond acceptors (Lipinski definition) is 3. The van der Waals surface area contributed by atoms with E-state index in [-0.39, 0.29) is 11.9 Å². The third kappa shape index (κ3) is 5.70. The minimum absolute atomic E-state index is 0.0126. The first-order valence-electron chi connectivity index (χ1n) is 4.04. The summed E-state index contributed by atoms with van der Waals surface area (Å²) < 4.78 is 4.42. The molecule has 0 heterocycles. The standard InChI is InChI=1S/C8H15NO3/c1-3-9-7(10)5-4-6-8(11)12-2/h3-6H2,1-2H3,(H,9,10). The predicted octanol–water partition coefficient (Wildman–Crippen LogP) is 0.466. The molecule has 0 radical (unpaired) electrons. The van der Waals surface area contributed by atoms with Gasteiger partial charge in [-0.1, -0.05) is 0 Å². The maximum absolute atomic E-state index is 10.8. The molecular weight excluding hydrogens is 158 g/mol. The maximum Gasteiger partial charge on any atom is 0.305 e. The van der Waals surface area contributed by atoms with E-state index in [0.29, 0.717) is 25.8 Å². The molecule has 12 heavy (non-hydrogen) atoms. The predicted molar refractivity (Wildman–Crippen MR) is 44.6 cm³/mol. The van der Waals surface area contributed by atoms with Gasteiger partial charge in [-0.05, 0) is 13.3 Å². The summed E-state index contributed by atoms with van der Waals surface area (Å²) in [4.78, 5) is 21.4. The number of methoxy groups -OCH3 is 1. The van der Waals surface area contributed by atoms with Crippen LogP contribution in [-0.2, 0) is 14.3 Å². The molecule has 1 amide bonds. The molecule has 0 rings (SSSR count). The number of rotatable bonds is 5. The lowest BCUT2D eigenvalue weighted by Crippen LogP contribution is -2.22.